The average molecular weight is 322 g/mol. The van der Waals surface area contributed by atoms with Crippen molar-refractivity contribution in [1.29, 1.82) is 0 Å². The topological polar surface area (TPSA) is 76.0 Å². The van der Waals surface area contributed by atoms with Gasteiger partial charge in [-0.25, -0.2) is 4.98 Å². The zero-order valence-corrected chi connectivity index (χ0v) is 13.5. The fourth-order valence-corrected chi connectivity index (χ4v) is 2.50. The molecule has 2 N–H and O–H groups in total. The Labute approximate surface area is 139 Å². The van der Waals surface area contributed by atoms with Crippen molar-refractivity contribution >= 4 is 34.2 Å². The molecule has 0 saturated carbocycles. The zero-order valence-electron chi connectivity index (χ0n) is 13.5. The van der Waals surface area contributed by atoms with Crippen LogP contribution in [0.2, 0.25) is 0 Å². The molecule has 1 aromatic heterocycles. The molecule has 0 radical (unpaired) electrons. The van der Waals surface area contributed by atoms with Crippen molar-refractivity contribution in [2.45, 2.75) is 19.9 Å². The van der Waals surface area contributed by atoms with Crippen molar-refractivity contribution < 1.29 is 9.59 Å². The van der Waals surface area contributed by atoms with Crippen molar-refractivity contribution in [1.82, 2.24) is 9.55 Å². The van der Waals surface area contributed by atoms with Crippen LogP contribution in [-0.2, 0) is 9.59 Å². The monoisotopic (exact) mass is 322 g/mol. The van der Waals surface area contributed by atoms with Crippen LogP contribution in [0.5, 0.6) is 0 Å². The highest BCUT2D eigenvalue weighted by Gasteiger charge is 2.17. The molecule has 1 heterocycles. The lowest BCUT2D eigenvalue weighted by atomic mass is 10.2. The lowest BCUT2D eigenvalue weighted by Gasteiger charge is -2.15. The first kappa shape index (κ1) is 15.7. The minimum atomic E-state index is -0.396. The van der Waals surface area contributed by atoms with Crippen LogP contribution in [0, 0.1) is 0 Å². The number of carbonyl (C=O) groups excluding carboxylic acids is 2. The molecule has 0 fully saturated rings. The molecule has 0 aliphatic rings. The standard InChI is InChI=1S/C18H18N4O2/c1-12(22-11-19-16-5-3-4-6-17(16)22)18(24)21-15-9-7-14(8-10-15)20-13(2)23/h3-12H,1-2H3,(H,20,23)(H,21,24). The first-order valence-electron chi connectivity index (χ1n) is 7.64. The number of anilines is 2. The molecule has 2 amide bonds. The lowest BCUT2D eigenvalue weighted by Crippen LogP contribution is -2.23. The van der Waals surface area contributed by atoms with Crippen LogP contribution in [0.4, 0.5) is 11.4 Å². The third kappa shape index (κ3) is 3.27. The summed E-state index contributed by atoms with van der Waals surface area (Å²) in [5, 5.41) is 5.56. The molecule has 3 rings (SSSR count). The lowest BCUT2D eigenvalue weighted by molar-refractivity contribution is -0.118. The number of hydrogen-bond donors (Lipinski definition) is 2. The number of carbonyl (C=O) groups is 2. The highest BCUT2D eigenvalue weighted by atomic mass is 16.2. The Bertz CT molecular complexity index is 883. The van der Waals surface area contributed by atoms with E-state index in [0.717, 1.165) is 11.0 Å². The molecule has 1 atom stereocenters. The number of nitrogens with zero attached hydrogens (tertiary/aromatic N) is 2. The van der Waals surface area contributed by atoms with Crippen LogP contribution in [0.1, 0.15) is 19.9 Å². The van der Waals surface area contributed by atoms with Gasteiger partial charge >= 0.3 is 0 Å². The van der Waals surface area contributed by atoms with Gasteiger partial charge in [0.15, 0.2) is 0 Å². The van der Waals surface area contributed by atoms with Crippen LogP contribution in [-0.4, -0.2) is 21.4 Å². The molecular formula is C18H18N4O2. The highest BCUT2D eigenvalue weighted by molar-refractivity contribution is 5.95. The number of fused-ring (bicyclic) bond motifs is 1. The van der Waals surface area contributed by atoms with Gasteiger partial charge in [0.1, 0.15) is 6.04 Å². The van der Waals surface area contributed by atoms with Crippen LogP contribution >= 0.6 is 0 Å². The molecule has 6 heteroatoms. The molecule has 0 aliphatic carbocycles. The second-order valence-corrected chi connectivity index (χ2v) is 5.56. The SMILES string of the molecule is CC(=O)Nc1ccc(NC(=O)C(C)n2cnc3ccccc32)cc1. The molecule has 3 aromatic rings. The van der Waals surface area contributed by atoms with Crippen LogP contribution in [0.25, 0.3) is 11.0 Å². The molecule has 1 unspecified atom stereocenters. The molecule has 6 nitrogen and oxygen atoms in total. The van der Waals surface area contributed by atoms with Crippen molar-refractivity contribution in [3.8, 4) is 0 Å². The Balaban J connectivity index is 1.73. The summed E-state index contributed by atoms with van der Waals surface area (Å²) < 4.78 is 1.84. The number of aromatic nitrogens is 2. The Hall–Kier alpha value is -3.15. The smallest absolute Gasteiger partial charge is 0.247 e. The van der Waals surface area contributed by atoms with E-state index in [1.807, 2.05) is 35.8 Å². The number of para-hydroxylation sites is 2. The number of imidazole rings is 1. The Morgan fingerprint density at radius 3 is 2.29 bits per heavy atom. The summed E-state index contributed by atoms with van der Waals surface area (Å²) >= 11 is 0. The maximum absolute atomic E-state index is 12.5. The van der Waals surface area contributed by atoms with Gasteiger partial charge in [-0.05, 0) is 43.3 Å². The van der Waals surface area contributed by atoms with E-state index in [9.17, 15) is 9.59 Å². The van der Waals surface area contributed by atoms with Crippen molar-refractivity contribution in [3.63, 3.8) is 0 Å². The molecular weight excluding hydrogens is 304 g/mol. The molecule has 0 aliphatic heterocycles. The number of amides is 2. The van der Waals surface area contributed by atoms with Gasteiger partial charge in [-0.3, -0.25) is 9.59 Å². The Kier molecular flexibility index (Phi) is 4.29. The first-order valence-corrected chi connectivity index (χ1v) is 7.64. The molecule has 0 spiro atoms. The summed E-state index contributed by atoms with van der Waals surface area (Å²) in [4.78, 5) is 27.8. The van der Waals surface area contributed by atoms with E-state index in [-0.39, 0.29) is 11.8 Å². The highest BCUT2D eigenvalue weighted by Crippen LogP contribution is 2.20. The molecule has 24 heavy (non-hydrogen) atoms. The third-order valence-electron chi connectivity index (χ3n) is 3.75. The quantitative estimate of drug-likeness (QED) is 0.774. The minimum absolute atomic E-state index is 0.132. The number of rotatable bonds is 4. The molecule has 122 valence electrons. The second-order valence-electron chi connectivity index (χ2n) is 5.56. The third-order valence-corrected chi connectivity index (χ3v) is 3.75. The number of nitrogens with one attached hydrogen (secondary N) is 2. The maximum Gasteiger partial charge on any atom is 0.247 e. The second kappa shape index (κ2) is 6.54. The Morgan fingerprint density at radius 1 is 1.00 bits per heavy atom. The minimum Gasteiger partial charge on any atom is -0.326 e. The fourth-order valence-electron chi connectivity index (χ4n) is 2.50. The predicted octanol–water partition coefficient (Wildman–Crippen LogP) is 3.19. The van der Waals surface area contributed by atoms with Gasteiger partial charge in [0.2, 0.25) is 11.8 Å². The molecule has 0 saturated heterocycles. The van der Waals surface area contributed by atoms with Crippen molar-refractivity contribution in [2.75, 3.05) is 10.6 Å². The van der Waals surface area contributed by atoms with E-state index in [1.165, 1.54) is 6.92 Å². The van der Waals surface area contributed by atoms with Gasteiger partial charge < -0.3 is 15.2 Å². The molecule has 2 aromatic carbocycles. The van der Waals surface area contributed by atoms with E-state index in [1.54, 1.807) is 30.6 Å². The van der Waals surface area contributed by atoms with Gasteiger partial charge in [0.25, 0.3) is 0 Å². The van der Waals surface area contributed by atoms with E-state index in [4.69, 9.17) is 0 Å². The summed E-state index contributed by atoms with van der Waals surface area (Å²) in [6.07, 6.45) is 1.68. The summed E-state index contributed by atoms with van der Waals surface area (Å²) in [6.45, 7) is 3.28. The predicted molar refractivity (Wildman–Crippen MR) is 93.8 cm³/mol. The Morgan fingerprint density at radius 2 is 1.62 bits per heavy atom. The normalized spacial score (nSPS) is 11.9. The van der Waals surface area contributed by atoms with Gasteiger partial charge in [0, 0.05) is 18.3 Å². The van der Waals surface area contributed by atoms with Gasteiger partial charge in [-0.15, -0.1) is 0 Å². The summed E-state index contributed by atoms with van der Waals surface area (Å²) in [5.74, 6) is -0.266. The van der Waals surface area contributed by atoms with Gasteiger partial charge in [-0.2, -0.15) is 0 Å². The number of benzene rings is 2. The van der Waals surface area contributed by atoms with E-state index in [2.05, 4.69) is 15.6 Å². The fraction of sp³-hybridized carbons (Fsp3) is 0.167. The summed E-state index contributed by atoms with van der Waals surface area (Å²) in [5.41, 5.74) is 3.14. The van der Waals surface area contributed by atoms with Gasteiger partial charge in [0.05, 0.1) is 17.4 Å². The summed E-state index contributed by atoms with van der Waals surface area (Å²) in [6, 6.07) is 14.3. The van der Waals surface area contributed by atoms with E-state index >= 15 is 0 Å². The van der Waals surface area contributed by atoms with Gasteiger partial charge in [-0.1, -0.05) is 12.1 Å². The maximum atomic E-state index is 12.5. The average Bonchev–Trinajstić information content (AvgIpc) is 2.99. The summed E-state index contributed by atoms with van der Waals surface area (Å²) in [7, 11) is 0. The van der Waals surface area contributed by atoms with Crippen molar-refractivity contribution in [2.24, 2.45) is 0 Å². The van der Waals surface area contributed by atoms with E-state index in [0.29, 0.717) is 11.4 Å². The zero-order chi connectivity index (χ0) is 17.1. The van der Waals surface area contributed by atoms with Crippen LogP contribution < -0.4 is 10.6 Å². The molecule has 0 bridgehead atoms. The number of hydrogen-bond acceptors (Lipinski definition) is 3. The van der Waals surface area contributed by atoms with E-state index < -0.39 is 6.04 Å². The largest absolute Gasteiger partial charge is 0.326 e. The van der Waals surface area contributed by atoms with Crippen LogP contribution in [0.15, 0.2) is 54.9 Å². The first-order chi connectivity index (χ1) is 11.5. The van der Waals surface area contributed by atoms with Crippen molar-refractivity contribution in [3.05, 3.63) is 54.9 Å². The van der Waals surface area contributed by atoms with Crippen LogP contribution in [0.3, 0.4) is 0 Å².